The maximum atomic E-state index is 5.93. The van der Waals surface area contributed by atoms with Crippen LogP contribution < -0.4 is 10.6 Å². The van der Waals surface area contributed by atoms with Crippen molar-refractivity contribution in [2.24, 2.45) is 5.73 Å². The Labute approximate surface area is 205 Å². The summed E-state index contributed by atoms with van der Waals surface area (Å²) in [6, 6.07) is 12.4. The molecule has 0 unspecified atom stereocenters. The Balaban J connectivity index is 1.31. The molecule has 6 aromatic rings. The summed E-state index contributed by atoms with van der Waals surface area (Å²) in [5.74, 6) is 1.43. The maximum absolute atomic E-state index is 5.93. The number of aromatic nitrogens is 8. The van der Waals surface area contributed by atoms with Crippen molar-refractivity contribution in [2.75, 3.05) is 18.0 Å². The van der Waals surface area contributed by atoms with E-state index in [4.69, 9.17) is 20.7 Å². The van der Waals surface area contributed by atoms with Crippen LogP contribution in [0.3, 0.4) is 0 Å². The fourth-order valence-corrected chi connectivity index (χ4v) is 4.61. The largest absolute Gasteiger partial charge is 0.352 e. The van der Waals surface area contributed by atoms with Gasteiger partial charge in [0, 0.05) is 30.9 Å². The van der Waals surface area contributed by atoms with E-state index in [0.29, 0.717) is 28.4 Å². The van der Waals surface area contributed by atoms with E-state index >= 15 is 0 Å². The second-order valence-electron chi connectivity index (χ2n) is 9.13. The Morgan fingerprint density at radius 1 is 0.889 bits per heavy atom. The quantitative estimate of drug-likeness (QED) is 0.353. The summed E-state index contributed by atoms with van der Waals surface area (Å²) in [5.41, 5.74) is 14.4. The SMILES string of the molecule is Cc1cccc(-c2cncc3[nH]c(-c4n[nH]c5ccc(-c6cncc(N7CC(N)C7)n6)nc45)nc23)c1. The predicted molar refractivity (Wildman–Crippen MR) is 138 cm³/mol. The molecular weight excluding hydrogens is 452 g/mol. The van der Waals surface area contributed by atoms with Gasteiger partial charge in [-0.25, -0.2) is 15.0 Å². The summed E-state index contributed by atoms with van der Waals surface area (Å²) in [6.07, 6.45) is 7.10. The molecular formula is C26H22N10. The number of hydrogen-bond acceptors (Lipinski definition) is 8. The van der Waals surface area contributed by atoms with Crippen molar-refractivity contribution in [3.63, 3.8) is 0 Å². The van der Waals surface area contributed by atoms with E-state index in [2.05, 4.69) is 55.2 Å². The summed E-state index contributed by atoms with van der Waals surface area (Å²) >= 11 is 0. The summed E-state index contributed by atoms with van der Waals surface area (Å²) in [4.78, 5) is 28.9. The first-order valence-electron chi connectivity index (χ1n) is 11.7. The second kappa shape index (κ2) is 7.92. The molecule has 5 aromatic heterocycles. The molecule has 7 rings (SSSR count). The third-order valence-corrected chi connectivity index (χ3v) is 6.47. The third-order valence-electron chi connectivity index (χ3n) is 6.47. The zero-order valence-corrected chi connectivity index (χ0v) is 19.5. The highest BCUT2D eigenvalue weighted by Crippen LogP contribution is 2.31. The first kappa shape index (κ1) is 20.7. The van der Waals surface area contributed by atoms with Gasteiger partial charge in [-0.15, -0.1) is 0 Å². The Morgan fingerprint density at radius 2 is 1.78 bits per heavy atom. The first-order valence-corrected chi connectivity index (χ1v) is 11.7. The van der Waals surface area contributed by atoms with Crippen LogP contribution in [-0.2, 0) is 0 Å². The minimum atomic E-state index is 0.184. The number of hydrogen-bond donors (Lipinski definition) is 3. The zero-order chi connectivity index (χ0) is 24.2. The summed E-state index contributed by atoms with van der Waals surface area (Å²) in [6.45, 7) is 3.63. The van der Waals surface area contributed by atoms with E-state index in [1.165, 1.54) is 5.56 Å². The molecule has 0 bridgehead atoms. The molecule has 6 heterocycles. The standard InChI is InChI=1S/C26H22N10/c1-14-3-2-4-15(7-14)17-8-28-10-21-23(17)33-26(32-21)25-24-19(34-35-25)6-5-18(31-24)20-9-29-11-22(30-20)36-12-16(27)13-36/h2-11,16H,12-13,27H2,1H3,(H,32,33)(H,34,35). The van der Waals surface area contributed by atoms with Crippen LogP contribution in [0.25, 0.3) is 56.1 Å². The van der Waals surface area contributed by atoms with Gasteiger partial charge >= 0.3 is 0 Å². The van der Waals surface area contributed by atoms with E-state index in [1.54, 1.807) is 18.6 Å². The molecule has 0 spiro atoms. The molecule has 36 heavy (non-hydrogen) atoms. The molecule has 0 radical (unpaired) electrons. The van der Waals surface area contributed by atoms with Crippen LogP contribution >= 0.6 is 0 Å². The maximum Gasteiger partial charge on any atom is 0.161 e. The molecule has 0 atom stereocenters. The fourth-order valence-electron chi connectivity index (χ4n) is 4.61. The smallest absolute Gasteiger partial charge is 0.161 e. The number of nitrogens with one attached hydrogen (secondary N) is 2. The van der Waals surface area contributed by atoms with Crippen molar-refractivity contribution in [3.8, 4) is 34.0 Å². The molecule has 1 aromatic carbocycles. The first-order chi connectivity index (χ1) is 17.6. The Bertz CT molecular complexity index is 1740. The second-order valence-corrected chi connectivity index (χ2v) is 9.13. The fraction of sp³-hybridized carbons (Fsp3) is 0.154. The van der Waals surface area contributed by atoms with Crippen molar-refractivity contribution in [3.05, 3.63) is 66.7 Å². The van der Waals surface area contributed by atoms with Gasteiger partial charge in [0.1, 0.15) is 17.0 Å². The van der Waals surface area contributed by atoms with Gasteiger partial charge in [0.25, 0.3) is 0 Å². The van der Waals surface area contributed by atoms with E-state index in [9.17, 15) is 0 Å². The number of imidazole rings is 1. The average Bonchev–Trinajstić information content (AvgIpc) is 3.50. The molecule has 0 aliphatic carbocycles. The van der Waals surface area contributed by atoms with Crippen molar-refractivity contribution >= 4 is 27.9 Å². The average molecular weight is 475 g/mol. The van der Waals surface area contributed by atoms with Crippen LogP contribution in [0, 0.1) is 6.92 Å². The van der Waals surface area contributed by atoms with Crippen molar-refractivity contribution in [1.29, 1.82) is 0 Å². The molecule has 0 amide bonds. The van der Waals surface area contributed by atoms with Crippen molar-refractivity contribution in [1.82, 2.24) is 40.1 Å². The number of aromatic amines is 2. The molecule has 1 fully saturated rings. The van der Waals surface area contributed by atoms with Crippen LogP contribution in [0.1, 0.15) is 5.56 Å². The van der Waals surface area contributed by atoms with E-state index in [-0.39, 0.29) is 6.04 Å². The molecule has 10 nitrogen and oxygen atoms in total. The van der Waals surface area contributed by atoms with Crippen LogP contribution in [-0.4, -0.2) is 59.2 Å². The molecule has 10 heteroatoms. The lowest BCUT2D eigenvalue weighted by Crippen LogP contribution is -2.56. The number of rotatable bonds is 4. The molecule has 4 N–H and O–H groups in total. The van der Waals surface area contributed by atoms with Gasteiger partial charge in [-0.2, -0.15) is 5.10 Å². The van der Waals surface area contributed by atoms with Gasteiger partial charge in [0.05, 0.1) is 40.8 Å². The Hall–Kier alpha value is -4.70. The van der Waals surface area contributed by atoms with Gasteiger partial charge in [-0.3, -0.25) is 15.1 Å². The van der Waals surface area contributed by atoms with Crippen LogP contribution in [0.2, 0.25) is 0 Å². The lowest BCUT2D eigenvalue weighted by Gasteiger charge is -2.37. The van der Waals surface area contributed by atoms with Gasteiger partial charge in [-0.1, -0.05) is 29.8 Å². The summed E-state index contributed by atoms with van der Waals surface area (Å²) < 4.78 is 0. The van der Waals surface area contributed by atoms with Gasteiger partial charge in [-0.05, 0) is 24.6 Å². The predicted octanol–water partition coefficient (Wildman–Crippen LogP) is 3.48. The number of nitrogens with two attached hydrogens (primary N) is 1. The van der Waals surface area contributed by atoms with Crippen molar-refractivity contribution < 1.29 is 0 Å². The number of nitrogens with zero attached hydrogens (tertiary/aromatic N) is 7. The minimum Gasteiger partial charge on any atom is -0.352 e. The monoisotopic (exact) mass is 474 g/mol. The Morgan fingerprint density at radius 3 is 2.64 bits per heavy atom. The van der Waals surface area contributed by atoms with Crippen LogP contribution in [0.5, 0.6) is 0 Å². The number of anilines is 1. The third kappa shape index (κ3) is 3.38. The molecule has 1 saturated heterocycles. The number of H-pyrrole nitrogens is 2. The van der Waals surface area contributed by atoms with E-state index < -0.39 is 0 Å². The van der Waals surface area contributed by atoms with Crippen LogP contribution in [0.4, 0.5) is 5.82 Å². The number of fused-ring (bicyclic) bond motifs is 2. The number of benzene rings is 1. The highest BCUT2D eigenvalue weighted by atomic mass is 15.3. The highest BCUT2D eigenvalue weighted by molar-refractivity contribution is 5.95. The number of pyridine rings is 2. The summed E-state index contributed by atoms with van der Waals surface area (Å²) in [5, 5.41) is 7.60. The Kier molecular flexibility index (Phi) is 4.55. The van der Waals surface area contributed by atoms with Crippen LogP contribution in [0.15, 0.2) is 61.2 Å². The topological polar surface area (TPSA) is 138 Å². The molecule has 176 valence electrons. The van der Waals surface area contributed by atoms with E-state index in [1.807, 2.05) is 24.4 Å². The molecule has 0 saturated carbocycles. The molecule has 1 aliphatic rings. The van der Waals surface area contributed by atoms with Gasteiger partial charge < -0.3 is 15.6 Å². The van der Waals surface area contributed by atoms with E-state index in [0.717, 1.165) is 46.6 Å². The highest BCUT2D eigenvalue weighted by Gasteiger charge is 2.25. The zero-order valence-electron chi connectivity index (χ0n) is 19.5. The summed E-state index contributed by atoms with van der Waals surface area (Å²) in [7, 11) is 0. The van der Waals surface area contributed by atoms with Crippen molar-refractivity contribution in [2.45, 2.75) is 13.0 Å². The van der Waals surface area contributed by atoms with Gasteiger partial charge in [0.2, 0.25) is 0 Å². The minimum absolute atomic E-state index is 0.184. The van der Waals surface area contributed by atoms with Gasteiger partial charge in [0.15, 0.2) is 11.5 Å². The lowest BCUT2D eigenvalue weighted by atomic mass is 10.0. The lowest BCUT2D eigenvalue weighted by molar-refractivity contribution is 0.514. The molecule has 1 aliphatic heterocycles. The number of aryl methyl sites for hydroxylation is 1. The normalized spacial score (nSPS) is 14.0.